The number of carboxylic acids is 1. The summed E-state index contributed by atoms with van der Waals surface area (Å²) in [7, 11) is 1.52. The van der Waals surface area contributed by atoms with Crippen LogP contribution in [0.5, 0.6) is 5.75 Å². The van der Waals surface area contributed by atoms with Crippen LogP contribution in [0.2, 0.25) is 0 Å². The van der Waals surface area contributed by atoms with Crippen LogP contribution in [0.4, 0.5) is 0 Å². The molecule has 1 aromatic carbocycles. The summed E-state index contributed by atoms with van der Waals surface area (Å²) in [6.45, 7) is 1.74. The molecule has 0 saturated carbocycles. The minimum absolute atomic E-state index is 0.125. The summed E-state index contributed by atoms with van der Waals surface area (Å²) in [4.78, 5) is 30.7. The summed E-state index contributed by atoms with van der Waals surface area (Å²) in [6, 6.07) is 9.44. The lowest BCUT2D eigenvalue weighted by atomic mass is 9.95. The molecule has 1 fully saturated rings. The number of carboxylic acid groups (broad SMARTS) is 1. The number of likely N-dealkylation sites (N-methyl/N-ethyl adjacent to an activating group) is 1. The number of fused-ring (bicyclic) bond motifs is 1. The number of pyridine rings is 1. The van der Waals surface area contributed by atoms with E-state index in [4.69, 9.17) is 9.84 Å². The molecule has 0 aliphatic carbocycles. The molecule has 1 aliphatic heterocycles. The van der Waals surface area contributed by atoms with E-state index in [0.717, 1.165) is 10.9 Å². The van der Waals surface area contributed by atoms with Gasteiger partial charge in [-0.25, -0.2) is 0 Å². The van der Waals surface area contributed by atoms with Crippen molar-refractivity contribution in [1.82, 2.24) is 14.8 Å². The normalized spacial score (nSPS) is 16.5. The van der Waals surface area contributed by atoms with Crippen molar-refractivity contribution in [3.63, 3.8) is 0 Å². The Hall–Kier alpha value is -2.71. The number of aliphatic hydroxyl groups is 1. The van der Waals surface area contributed by atoms with Crippen LogP contribution in [0, 0.1) is 5.92 Å². The summed E-state index contributed by atoms with van der Waals surface area (Å²) in [6.07, 6.45) is 2.40. The number of aliphatic carboxylic acids is 1. The van der Waals surface area contributed by atoms with Crippen LogP contribution < -0.4 is 4.74 Å². The molecule has 8 heteroatoms. The molecule has 0 bridgehead atoms. The minimum atomic E-state index is -1.01. The van der Waals surface area contributed by atoms with Crippen LogP contribution in [0.3, 0.4) is 0 Å². The molecule has 8 nitrogen and oxygen atoms in total. The van der Waals surface area contributed by atoms with Crippen molar-refractivity contribution in [3.05, 3.63) is 36.5 Å². The Morgan fingerprint density at radius 1 is 1.28 bits per heavy atom. The molecule has 1 aromatic heterocycles. The van der Waals surface area contributed by atoms with Gasteiger partial charge in [0.1, 0.15) is 25.0 Å². The molecule has 0 spiro atoms. The summed E-state index contributed by atoms with van der Waals surface area (Å²) in [5.74, 6) is -0.600. The molecule has 29 heavy (non-hydrogen) atoms. The molecule has 1 atom stereocenters. The van der Waals surface area contributed by atoms with Crippen molar-refractivity contribution in [1.29, 1.82) is 0 Å². The number of likely N-dealkylation sites (tertiary alicyclic amines) is 1. The molecule has 2 aromatic rings. The second-order valence-corrected chi connectivity index (χ2v) is 7.45. The van der Waals surface area contributed by atoms with Crippen molar-refractivity contribution >= 4 is 22.8 Å². The molecule has 3 rings (SSSR count). The van der Waals surface area contributed by atoms with Gasteiger partial charge in [0, 0.05) is 31.1 Å². The average molecular weight is 401 g/mol. The molecule has 0 unspecified atom stereocenters. The first-order valence-corrected chi connectivity index (χ1v) is 9.77. The Labute approximate surface area is 169 Å². The van der Waals surface area contributed by atoms with Gasteiger partial charge in [0.05, 0.1) is 5.52 Å². The number of β-amino-alcohol motifs (C(OH)–C–C–N with tert-alkyl or cyclic N) is 1. The predicted molar refractivity (Wildman–Crippen MR) is 108 cm³/mol. The zero-order valence-corrected chi connectivity index (χ0v) is 16.5. The average Bonchev–Trinajstić information content (AvgIpc) is 2.71. The zero-order chi connectivity index (χ0) is 20.8. The number of rotatable bonds is 8. The third-order valence-corrected chi connectivity index (χ3v) is 5.19. The monoisotopic (exact) mass is 401 g/mol. The largest absolute Gasteiger partial charge is 0.490 e. The molecule has 156 valence electrons. The van der Waals surface area contributed by atoms with Gasteiger partial charge in [-0.15, -0.1) is 0 Å². The third kappa shape index (κ3) is 5.65. The molecular formula is C21H27N3O5. The maximum atomic E-state index is 12.3. The van der Waals surface area contributed by atoms with E-state index in [1.807, 2.05) is 30.3 Å². The molecule has 1 amide bonds. The number of aromatic nitrogens is 1. The van der Waals surface area contributed by atoms with Gasteiger partial charge >= 0.3 is 5.97 Å². The number of nitrogens with zero attached hydrogens (tertiary/aromatic N) is 3. The van der Waals surface area contributed by atoms with Crippen molar-refractivity contribution < 1.29 is 24.5 Å². The maximum Gasteiger partial charge on any atom is 0.323 e. The Bertz CT molecular complexity index is 846. The fraction of sp³-hybridized carbons (Fsp3) is 0.476. The van der Waals surface area contributed by atoms with E-state index in [2.05, 4.69) is 9.88 Å². The van der Waals surface area contributed by atoms with E-state index in [9.17, 15) is 14.7 Å². The Morgan fingerprint density at radius 2 is 2.03 bits per heavy atom. The van der Waals surface area contributed by atoms with Crippen LogP contribution in [0.15, 0.2) is 36.5 Å². The summed E-state index contributed by atoms with van der Waals surface area (Å²) in [5.41, 5.74) is 0.846. The molecule has 1 aliphatic rings. The van der Waals surface area contributed by atoms with Crippen LogP contribution >= 0.6 is 0 Å². The van der Waals surface area contributed by atoms with E-state index in [-0.39, 0.29) is 25.0 Å². The Kier molecular flexibility index (Phi) is 7.00. The van der Waals surface area contributed by atoms with Crippen LogP contribution in [-0.2, 0) is 9.59 Å². The number of ether oxygens (including phenoxy) is 1. The first kappa shape index (κ1) is 21.0. The van der Waals surface area contributed by atoms with Crippen molar-refractivity contribution in [2.75, 3.05) is 39.8 Å². The first-order chi connectivity index (χ1) is 13.9. The van der Waals surface area contributed by atoms with E-state index < -0.39 is 12.1 Å². The summed E-state index contributed by atoms with van der Waals surface area (Å²) < 4.78 is 5.82. The second-order valence-electron chi connectivity index (χ2n) is 7.45. The summed E-state index contributed by atoms with van der Waals surface area (Å²) >= 11 is 0. The van der Waals surface area contributed by atoms with E-state index >= 15 is 0 Å². The lowest BCUT2D eigenvalue weighted by molar-refractivity contribution is -0.145. The number of benzene rings is 1. The predicted octanol–water partition coefficient (Wildman–Crippen LogP) is 1.23. The van der Waals surface area contributed by atoms with E-state index in [0.29, 0.717) is 38.2 Å². The van der Waals surface area contributed by atoms with Gasteiger partial charge in [0.25, 0.3) is 0 Å². The number of hydrogen-bond donors (Lipinski definition) is 2. The number of carbonyl (C=O) groups excluding carboxylic acids is 1. The van der Waals surface area contributed by atoms with Gasteiger partial charge in [0.15, 0.2) is 0 Å². The van der Waals surface area contributed by atoms with Crippen LogP contribution in [-0.4, -0.2) is 82.8 Å². The van der Waals surface area contributed by atoms with Gasteiger partial charge in [-0.3, -0.25) is 14.6 Å². The van der Waals surface area contributed by atoms with Crippen LogP contribution in [0.1, 0.15) is 12.8 Å². The highest BCUT2D eigenvalue weighted by Gasteiger charge is 2.28. The van der Waals surface area contributed by atoms with Crippen molar-refractivity contribution in [2.24, 2.45) is 5.92 Å². The van der Waals surface area contributed by atoms with Crippen molar-refractivity contribution in [2.45, 2.75) is 18.9 Å². The Morgan fingerprint density at radius 3 is 2.76 bits per heavy atom. The highest BCUT2D eigenvalue weighted by atomic mass is 16.5. The number of amides is 1. The van der Waals surface area contributed by atoms with Gasteiger partial charge in [-0.2, -0.15) is 0 Å². The third-order valence-electron chi connectivity index (χ3n) is 5.19. The molecule has 2 N–H and O–H groups in total. The SMILES string of the molecule is CN(CC(=O)O)C(=O)C1CCN(C[C@@H](O)COc2cccc3ncccc23)CC1. The van der Waals surface area contributed by atoms with Crippen LogP contribution in [0.25, 0.3) is 10.9 Å². The number of aliphatic hydroxyl groups excluding tert-OH is 1. The maximum absolute atomic E-state index is 12.3. The topological polar surface area (TPSA) is 103 Å². The first-order valence-electron chi connectivity index (χ1n) is 9.77. The molecule has 1 saturated heterocycles. The lowest BCUT2D eigenvalue weighted by Gasteiger charge is -2.33. The molecule has 2 heterocycles. The van der Waals surface area contributed by atoms with E-state index in [1.54, 1.807) is 6.20 Å². The second kappa shape index (κ2) is 9.67. The smallest absolute Gasteiger partial charge is 0.323 e. The number of hydrogen-bond acceptors (Lipinski definition) is 6. The summed E-state index contributed by atoms with van der Waals surface area (Å²) in [5, 5.41) is 20.1. The van der Waals surface area contributed by atoms with Gasteiger partial charge < -0.3 is 24.7 Å². The van der Waals surface area contributed by atoms with Gasteiger partial charge in [-0.1, -0.05) is 6.07 Å². The molecule has 0 radical (unpaired) electrons. The lowest BCUT2D eigenvalue weighted by Crippen LogP contribution is -2.45. The van der Waals surface area contributed by atoms with Gasteiger partial charge in [-0.05, 0) is 50.2 Å². The highest BCUT2D eigenvalue weighted by molar-refractivity contribution is 5.84. The number of carbonyl (C=O) groups is 2. The fourth-order valence-electron chi connectivity index (χ4n) is 3.69. The Balaban J connectivity index is 1.44. The minimum Gasteiger partial charge on any atom is -0.490 e. The van der Waals surface area contributed by atoms with E-state index in [1.165, 1.54) is 11.9 Å². The highest BCUT2D eigenvalue weighted by Crippen LogP contribution is 2.24. The number of piperidine rings is 1. The quantitative estimate of drug-likeness (QED) is 0.686. The standard InChI is InChI=1S/C21H27N3O5/c1-23(13-20(26)27)21(28)15-7-10-24(11-8-15)12-16(25)14-29-19-6-2-5-18-17(19)4-3-9-22-18/h2-6,9,15-16,25H,7-8,10-14H2,1H3,(H,26,27)/t16-/m1/s1. The molecular weight excluding hydrogens is 374 g/mol. The fourth-order valence-corrected chi connectivity index (χ4v) is 3.69. The van der Waals surface area contributed by atoms with Gasteiger partial charge in [0.2, 0.25) is 5.91 Å². The van der Waals surface area contributed by atoms with Crippen molar-refractivity contribution in [3.8, 4) is 5.75 Å². The zero-order valence-electron chi connectivity index (χ0n) is 16.5.